The molecule has 0 rings (SSSR count). The lowest BCUT2D eigenvalue weighted by Gasteiger charge is -1.96. The summed E-state index contributed by atoms with van der Waals surface area (Å²) in [5.41, 5.74) is 9.54. The van der Waals surface area contributed by atoms with Gasteiger partial charge in [0.1, 0.15) is 6.04 Å². The first-order valence-corrected chi connectivity index (χ1v) is 3.00. The summed E-state index contributed by atoms with van der Waals surface area (Å²) >= 11 is 0. The van der Waals surface area contributed by atoms with Crippen molar-refractivity contribution in [2.75, 3.05) is 19.8 Å². The predicted octanol–water partition coefficient (Wildman–Crippen LogP) is -2.67. The van der Waals surface area contributed by atoms with Crippen LogP contribution < -0.4 is 11.5 Å². The normalized spacial score (nSPS) is 11.3. The first-order valence-electron chi connectivity index (χ1n) is 3.00. The lowest BCUT2D eigenvalue weighted by molar-refractivity contribution is -0.139. The topological polar surface area (TPSA) is 130 Å². The van der Waals surface area contributed by atoms with Crippen molar-refractivity contribution in [3.63, 3.8) is 0 Å². The van der Waals surface area contributed by atoms with Crippen LogP contribution in [0.25, 0.3) is 0 Å². The number of carbonyl (C=O) groups is 1. The van der Waals surface area contributed by atoms with Gasteiger partial charge in [0.25, 0.3) is 0 Å². The molecule has 0 saturated carbocycles. The predicted molar refractivity (Wildman–Crippen MR) is 38.8 cm³/mol. The fraction of sp³-hybridized carbons (Fsp3) is 0.800. The molecule has 0 aliphatic heterocycles. The molecule has 0 amide bonds. The summed E-state index contributed by atoms with van der Waals surface area (Å²) in [6.45, 7) is -0.0324. The van der Waals surface area contributed by atoms with E-state index in [1.54, 1.807) is 0 Å². The second-order valence-corrected chi connectivity index (χ2v) is 1.64. The monoisotopic (exact) mass is 166 g/mol. The van der Waals surface area contributed by atoms with Crippen molar-refractivity contribution in [2.24, 2.45) is 11.5 Å². The number of carboxylic acid groups (broad SMARTS) is 1. The van der Waals surface area contributed by atoms with E-state index in [4.69, 9.17) is 26.8 Å². The molecule has 0 radical (unpaired) electrons. The van der Waals surface area contributed by atoms with Gasteiger partial charge in [0.05, 0.1) is 13.2 Å². The van der Waals surface area contributed by atoms with Crippen molar-refractivity contribution in [1.82, 2.24) is 0 Å². The average Bonchev–Trinajstić information content (AvgIpc) is 2.03. The highest BCUT2D eigenvalue weighted by Gasteiger charge is 2.06. The van der Waals surface area contributed by atoms with Crippen LogP contribution in [0, 0.1) is 0 Å². The Morgan fingerprint density at radius 1 is 1.45 bits per heavy atom. The number of hydrogen-bond acceptors (Lipinski definition) is 5. The maximum atomic E-state index is 9.65. The van der Waals surface area contributed by atoms with Gasteiger partial charge in [-0.25, -0.2) is 0 Å². The van der Waals surface area contributed by atoms with Crippen LogP contribution in [-0.2, 0) is 4.79 Å². The maximum absolute atomic E-state index is 9.65. The van der Waals surface area contributed by atoms with E-state index in [0.29, 0.717) is 6.54 Å². The van der Waals surface area contributed by atoms with E-state index in [0.717, 1.165) is 0 Å². The van der Waals surface area contributed by atoms with Crippen molar-refractivity contribution in [2.45, 2.75) is 6.04 Å². The van der Waals surface area contributed by atoms with E-state index in [1.165, 1.54) is 0 Å². The minimum absolute atomic E-state index is 0.0972. The van der Waals surface area contributed by atoms with Gasteiger partial charge in [0.15, 0.2) is 0 Å². The molecule has 0 aromatic rings. The quantitative estimate of drug-likeness (QED) is 0.311. The highest BCUT2D eigenvalue weighted by atomic mass is 16.4. The molecule has 0 aliphatic rings. The Kier molecular flexibility index (Phi) is 11.0. The molecule has 0 spiro atoms. The number of nitrogens with two attached hydrogens (primary N) is 2. The molecule has 0 saturated heterocycles. The summed E-state index contributed by atoms with van der Waals surface area (Å²) in [4.78, 5) is 9.65. The second-order valence-electron chi connectivity index (χ2n) is 1.64. The van der Waals surface area contributed by atoms with Gasteiger partial charge in [-0.2, -0.15) is 0 Å². The summed E-state index contributed by atoms with van der Waals surface area (Å²) in [6.07, 6.45) is 0. The molecule has 0 aromatic carbocycles. The average molecular weight is 166 g/mol. The van der Waals surface area contributed by atoms with E-state index in [-0.39, 0.29) is 6.61 Å². The van der Waals surface area contributed by atoms with Gasteiger partial charge in [-0.1, -0.05) is 0 Å². The van der Waals surface area contributed by atoms with Crippen LogP contribution in [0.1, 0.15) is 0 Å². The van der Waals surface area contributed by atoms with Crippen LogP contribution in [0.4, 0.5) is 0 Å². The Balaban J connectivity index is 0. The number of aliphatic hydroxyl groups excluding tert-OH is 2. The molecule has 0 bridgehead atoms. The zero-order chi connectivity index (χ0) is 9.28. The number of aliphatic hydroxyl groups is 2. The fourth-order valence-electron chi connectivity index (χ4n) is 0.0781. The smallest absolute Gasteiger partial charge is 0.322 e. The summed E-state index contributed by atoms with van der Waals surface area (Å²) < 4.78 is 0. The Morgan fingerprint density at radius 2 is 1.82 bits per heavy atom. The van der Waals surface area contributed by atoms with Gasteiger partial charge < -0.3 is 26.8 Å². The molecule has 68 valence electrons. The van der Waals surface area contributed by atoms with Crippen LogP contribution in [-0.4, -0.2) is 47.1 Å². The minimum Gasteiger partial charge on any atom is -0.480 e. The number of rotatable bonds is 3. The largest absolute Gasteiger partial charge is 0.480 e. The molecule has 1 unspecified atom stereocenters. The SMILES string of the molecule is NC(CO)C(=O)O.NCCO. The molecular weight excluding hydrogens is 152 g/mol. The first-order chi connectivity index (χ1) is 5.09. The van der Waals surface area contributed by atoms with Gasteiger partial charge in [0.2, 0.25) is 0 Å². The molecule has 0 fully saturated rings. The van der Waals surface area contributed by atoms with E-state index in [2.05, 4.69) is 0 Å². The van der Waals surface area contributed by atoms with Crippen molar-refractivity contribution in [3.05, 3.63) is 0 Å². The van der Waals surface area contributed by atoms with Crippen LogP contribution in [0.2, 0.25) is 0 Å². The van der Waals surface area contributed by atoms with Gasteiger partial charge in [-0.3, -0.25) is 4.79 Å². The molecular formula is C5H14N2O4. The van der Waals surface area contributed by atoms with Gasteiger partial charge in [-0.15, -0.1) is 0 Å². The van der Waals surface area contributed by atoms with Crippen LogP contribution in [0.15, 0.2) is 0 Å². The third-order valence-electron chi connectivity index (χ3n) is 0.643. The molecule has 11 heavy (non-hydrogen) atoms. The van der Waals surface area contributed by atoms with E-state index >= 15 is 0 Å². The van der Waals surface area contributed by atoms with Crippen molar-refractivity contribution in [1.29, 1.82) is 0 Å². The summed E-state index contributed by atoms with van der Waals surface area (Å²) in [7, 11) is 0. The lowest BCUT2D eigenvalue weighted by Crippen LogP contribution is -2.33. The van der Waals surface area contributed by atoms with E-state index in [9.17, 15) is 4.79 Å². The third kappa shape index (κ3) is 12.5. The Hall–Kier alpha value is -0.690. The Labute approximate surface area is 64.4 Å². The van der Waals surface area contributed by atoms with Gasteiger partial charge >= 0.3 is 5.97 Å². The molecule has 0 heterocycles. The molecule has 1 atom stereocenters. The highest BCUT2D eigenvalue weighted by Crippen LogP contribution is 1.71. The first kappa shape index (κ1) is 12.9. The molecule has 7 N–H and O–H groups in total. The van der Waals surface area contributed by atoms with Gasteiger partial charge in [-0.05, 0) is 0 Å². The highest BCUT2D eigenvalue weighted by molar-refractivity contribution is 5.73. The minimum atomic E-state index is -1.18. The van der Waals surface area contributed by atoms with Crippen molar-refractivity contribution >= 4 is 5.97 Å². The Bertz CT molecular complexity index is 96.5. The number of hydrogen-bond donors (Lipinski definition) is 5. The third-order valence-corrected chi connectivity index (χ3v) is 0.643. The maximum Gasteiger partial charge on any atom is 0.322 e. The summed E-state index contributed by atoms with van der Waals surface area (Å²) in [6, 6.07) is -1.13. The van der Waals surface area contributed by atoms with Crippen LogP contribution in [0.3, 0.4) is 0 Å². The second kappa shape index (κ2) is 9.31. The van der Waals surface area contributed by atoms with E-state index in [1.807, 2.05) is 0 Å². The lowest BCUT2D eigenvalue weighted by atomic mass is 10.3. The molecule has 0 aromatic heterocycles. The molecule has 0 aliphatic carbocycles. The van der Waals surface area contributed by atoms with Crippen LogP contribution >= 0.6 is 0 Å². The van der Waals surface area contributed by atoms with E-state index < -0.39 is 18.6 Å². The molecule has 6 heteroatoms. The summed E-state index contributed by atoms with van der Waals surface area (Å²) in [5, 5.41) is 23.6. The Morgan fingerprint density at radius 3 is 1.82 bits per heavy atom. The van der Waals surface area contributed by atoms with Crippen molar-refractivity contribution < 1.29 is 20.1 Å². The van der Waals surface area contributed by atoms with Gasteiger partial charge in [0, 0.05) is 6.54 Å². The summed E-state index contributed by atoms with van der Waals surface area (Å²) in [5.74, 6) is -1.18. The molecule has 6 nitrogen and oxygen atoms in total. The number of aliphatic carboxylic acids is 1. The fourth-order valence-corrected chi connectivity index (χ4v) is 0.0781. The zero-order valence-electron chi connectivity index (χ0n) is 6.10. The standard InChI is InChI=1S/C3H7NO3.C2H7NO/c4-2(1-5)3(6)7;3-1-2-4/h2,5H,1,4H2,(H,6,7);4H,1-3H2. The van der Waals surface area contributed by atoms with Crippen molar-refractivity contribution in [3.8, 4) is 0 Å². The van der Waals surface area contributed by atoms with Crippen LogP contribution in [0.5, 0.6) is 0 Å². The number of carboxylic acids is 1. The zero-order valence-corrected chi connectivity index (χ0v) is 6.10.